The normalized spacial score (nSPS) is 28.4. The zero-order valence-electron chi connectivity index (χ0n) is 16.9. The van der Waals surface area contributed by atoms with E-state index in [0.29, 0.717) is 5.92 Å². The summed E-state index contributed by atoms with van der Waals surface area (Å²) in [5, 5.41) is 8.36. The molecule has 0 heterocycles. The van der Waals surface area contributed by atoms with Gasteiger partial charge in [-0.2, -0.15) is 9.65 Å². The summed E-state index contributed by atoms with van der Waals surface area (Å²) in [5.74, 6) is 0.450. The summed E-state index contributed by atoms with van der Waals surface area (Å²) >= 11 is 0. The molecule has 0 radical (unpaired) electrons. The minimum atomic E-state index is -0.763. The van der Waals surface area contributed by atoms with E-state index in [4.69, 9.17) is 5.26 Å². The van der Waals surface area contributed by atoms with Crippen LogP contribution in [0.25, 0.3) is 0 Å². The topological polar surface area (TPSA) is 23.8 Å². The van der Waals surface area contributed by atoms with Crippen molar-refractivity contribution < 1.29 is 13.2 Å². The molecule has 2 aliphatic rings. The van der Waals surface area contributed by atoms with Crippen molar-refractivity contribution in [1.29, 1.82) is 5.26 Å². The first kappa shape index (κ1) is 21.7. The molecule has 1 nitrogen and oxygen atoms in total. The standard InChI is InChI=1S/C25H30F3N/c26-23(17-29)5-3-1-2-4-18-6-8-19(9-7-18)20-10-12-21(13-11-20)22-14-15-24(27)25(28)16-22/h1,3,5,14-16,18-21H,2,4,6-13H2/t18-,19-,20-,21-. The molecule has 0 amide bonds. The van der Waals surface area contributed by atoms with Crippen molar-refractivity contribution in [1.82, 2.24) is 0 Å². The average Bonchev–Trinajstić information content (AvgIpc) is 2.76. The van der Waals surface area contributed by atoms with Gasteiger partial charge in [-0.15, -0.1) is 0 Å². The Morgan fingerprint density at radius 1 is 0.966 bits per heavy atom. The fourth-order valence-electron chi connectivity index (χ4n) is 5.26. The van der Waals surface area contributed by atoms with Crippen LogP contribution in [0, 0.1) is 40.7 Å². The van der Waals surface area contributed by atoms with E-state index in [1.807, 2.05) is 6.08 Å². The van der Waals surface area contributed by atoms with Crippen LogP contribution >= 0.6 is 0 Å². The highest BCUT2D eigenvalue weighted by Crippen LogP contribution is 2.44. The Hall–Kier alpha value is -2.02. The molecule has 0 saturated heterocycles. The van der Waals surface area contributed by atoms with Crippen molar-refractivity contribution in [3.63, 3.8) is 0 Å². The number of allylic oxidation sites excluding steroid dienone is 4. The largest absolute Gasteiger partial charge is 0.204 e. The van der Waals surface area contributed by atoms with Gasteiger partial charge in [0.1, 0.15) is 6.07 Å². The third-order valence-electron chi connectivity index (χ3n) is 6.97. The maximum atomic E-state index is 13.5. The second-order valence-corrected chi connectivity index (χ2v) is 8.70. The molecule has 2 aliphatic carbocycles. The van der Waals surface area contributed by atoms with Crippen LogP contribution in [0.5, 0.6) is 0 Å². The first-order chi connectivity index (χ1) is 14.1. The molecule has 156 valence electrons. The predicted octanol–water partition coefficient (Wildman–Crippen LogP) is 7.76. The lowest BCUT2D eigenvalue weighted by molar-refractivity contribution is 0.157. The smallest absolute Gasteiger partial charge is 0.199 e. The van der Waals surface area contributed by atoms with Gasteiger partial charge in [-0.3, -0.25) is 0 Å². The van der Waals surface area contributed by atoms with E-state index in [2.05, 4.69) is 0 Å². The van der Waals surface area contributed by atoms with Crippen molar-refractivity contribution in [2.75, 3.05) is 0 Å². The van der Waals surface area contributed by atoms with Crippen LogP contribution in [0.4, 0.5) is 13.2 Å². The summed E-state index contributed by atoms with van der Waals surface area (Å²) in [6.07, 6.45) is 16.5. The summed E-state index contributed by atoms with van der Waals surface area (Å²) in [6, 6.07) is 5.85. The molecule has 0 atom stereocenters. The van der Waals surface area contributed by atoms with Gasteiger partial charge in [-0.1, -0.05) is 31.1 Å². The van der Waals surface area contributed by atoms with Crippen molar-refractivity contribution in [3.8, 4) is 6.07 Å². The quantitative estimate of drug-likeness (QED) is 0.353. The van der Waals surface area contributed by atoms with E-state index in [0.717, 1.165) is 49.0 Å². The molecule has 1 aromatic carbocycles. The molecule has 2 fully saturated rings. The number of hydrogen-bond donors (Lipinski definition) is 0. The van der Waals surface area contributed by atoms with Gasteiger partial charge < -0.3 is 0 Å². The lowest BCUT2D eigenvalue weighted by atomic mass is 9.68. The SMILES string of the molecule is N#CC(F)=CC=CCC[C@H]1CC[C@H]([C@H]2CC[C@H](c3ccc(F)c(F)c3)CC2)CC1. The van der Waals surface area contributed by atoms with Gasteiger partial charge in [0, 0.05) is 0 Å². The molecule has 1 aromatic rings. The Morgan fingerprint density at radius 2 is 1.62 bits per heavy atom. The van der Waals surface area contributed by atoms with Crippen LogP contribution < -0.4 is 0 Å². The predicted molar refractivity (Wildman–Crippen MR) is 110 cm³/mol. The Bertz CT molecular complexity index is 761. The molecule has 29 heavy (non-hydrogen) atoms. The van der Waals surface area contributed by atoms with Crippen LogP contribution in [0.3, 0.4) is 0 Å². The fourth-order valence-corrected chi connectivity index (χ4v) is 5.26. The van der Waals surface area contributed by atoms with E-state index >= 15 is 0 Å². The van der Waals surface area contributed by atoms with Crippen LogP contribution in [-0.2, 0) is 0 Å². The molecule has 0 N–H and O–H groups in total. The number of rotatable bonds is 6. The van der Waals surface area contributed by atoms with E-state index in [1.54, 1.807) is 12.1 Å². The van der Waals surface area contributed by atoms with Crippen molar-refractivity contribution in [2.45, 2.75) is 70.1 Å². The second-order valence-electron chi connectivity index (χ2n) is 8.70. The first-order valence-electron chi connectivity index (χ1n) is 10.9. The monoisotopic (exact) mass is 401 g/mol. The Kier molecular flexibility index (Phi) is 7.98. The van der Waals surface area contributed by atoms with Crippen LogP contribution in [0.1, 0.15) is 75.7 Å². The van der Waals surface area contributed by atoms with Crippen LogP contribution in [-0.4, -0.2) is 0 Å². The summed E-state index contributed by atoms with van der Waals surface area (Å²) in [6.45, 7) is 0. The van der Waals surface area contributed by atoms with Crippen molar-refractivity contribution in [3.05, 3.63) is 59.5 Å². The molecule has 3 rings (SSSR count). The molecule has 0 bridgehead atoms. The summed E-state index contributed by atoms with van der Waals surface area (Å²) in [7, 11) is 0. The third kappa shape index (κ3) is 6.23. The molecule has 0 spiro atoms. The maximum Gasteiger partial charge on any atom is 0.199 e. The van der Waals surface area contributed by atoms with Crippen molar-refractivity contribution in [2.24, 2.45) is 17.8 Å². The van der Waals surface area contributed by atoms with Gasteiger partial charge in [0.2, 0.25) is 0 Å². The molecule has 0 aliphatic heterocycles. The first-order valence-corrected chi connectivity index (χ1v) is 10.9. The maximum absolute atomic E-state index is 13.5. The highest BCUT2D eigenvalue weighted by atomic mass is 19.2. The zero-order chi connectivity index (χ0) is 20.6. The Morgan fingerprint density at radius 3 is 2.24 bits per heavy atom. The van der Waals surface area contributed by atoms with Crippen LogP contribution in [0.2, 0.25) is 0 Å². The molecular weight excluding hydrogens is 371 g/mol. The third-order valence-corrected chi connectivity index (χ3v) is 6.97. The number of nitriles is 1. The molecular formula is C25H30F3N. The van der Waals surface area contributed by atoms with Crippen molar-refractivity contribution >= 4 is 0 Å². The van der Waals surface area contributed by atoms with Gasteiger partial charge in [-0.25, -0.2) is 8.78 Å². The lowest BCUT2D eigenvalue weighted by Gasteiger charge is -2.38. The second kappa shape index (κ2) is 10.7. The number of nitrogens with zero attached hydrogens (tertiary/aromatic N) is 1. The molecule has 0 aromatic heterocycles. The number of halogens is 3. The molecule has 0 unspecified atom stereocenters. The Labute approximate surface area is 172 Å². The highest BCUT2D eigenvalue weighted by molar-refractivity contribution is 5.22. The zero-order valence-corrected chi connectivity index (χ0v) is 16.9. The van der Waals surface area contributed by atoms with Gasteiger partial charge >= 0.3 is 0 Å². The number of hydrogen-bond acceptors (Lipinski definition) is 1. The van der Waals surface area contributed by atoms with E-state index in [9.17, 15) is 13.2 Å². The average molecular weight is 402 g/mol. The minimum absolute atomic E-state index is 0.365. The Balaban J connectivity index is 1.37. The highest BCUT2D eigenvalue weighted by Gasteiger charge is 2.31. The van der Waals surface area contributed by atoms with E-state index < -0.39 is 17.5 Å². The molecule has 2 saturated carbocycles. The van der Waals surface area contributed by atoms with Gasteiger partial charge in [0.05, 0.1) is 0 Å². The van der Waals surface area contributed by atoms with E-state index in [1.165, 1.54) is 62.8 Å². The lowest BCUT2D eigenvalue weighted by Crippen LogP contribution is -2.25. The summed E-state index contributed by atoms with van der Waals surface area (Å²) in [4.78, 5) is 0. The summed E-state index contributed by atoms with van der Waals surface area (Å²) < 4.78 is 39.4. The fraction of sp³-hybridized carbons (Fsp3) is 0.560. The summed E-state index contributed by atoms with van der Waals surface area (Å²) in [5.41, 5.74) is 0.948. The van der Waals surface area contributed by atoms with Crippen LogP contribution in [0.15, 0.2) is 42.3 Å². The van der Waals surface area contributed by atoms with Gasteiger partial charge in [0.25, 0.3) is 0 Å². The minimum Gasteiger partial charge on any atom is -0.204 e. The van der Waals surface area contributed by atoms with Gasteiger partial charge in [0.15, 0.2) is 17.5 Å². The van der Waals surface area contributed by atoms with Gasteiger partial charge in [-0.05, 0) is 98.8 Å². The van der Waals surface area contributed by atoms with E-state index in [-0.39, 0.29) is 0 Å². The number of benzene rings is 1. The molecule has 4 heteroatoms.